The highest BCUT2D eigenvalue weighted by Crippen LogP contribution is 2.33. The van der Waals surface area contributed by atoms with E-state index in [9.17, 15) is 0 Å². The van der Waals surface area contributed by atoms with Gasteiger partial charge in [0.25, 0.3) is 0 Å². The standard InChI is InChI=1S/C18H23ClN6O2/c1-12-10-14(25(22-12)5-4-23(2)3)15-11-13-16(27-15)17(21-18(19)20-13)24-6-8-26-9-7-24/h10-11H,4-9H2,1-3H3. The molecule has 9 heteroatoms. The number of morpholine rings is 1. The molecule has 27 heavy (non-hydrogen) atoms. The zero-order valence-electron chi connectivity index (χ0n) is 15.8. The molecule has 0 radical (unpaired) electrons. The molecule has 3 aromatic rings. The van der Waals surface area contributed by atoms with E-state index in [0.717, 1.165) is 49.1 Å². The summed E-state index contributed by atoms with van der Waals surface area (Å²) in [6.45, 7) is 6.46. The van der Waals surface area contributed by atoms with E-state index < -0.39 is 0 Å². The van der Waals surface area contributed by atoms with E-state index in [2.05, 4.69) is 24.9 Å². The summed E-state index contributed by atoms with van der Waals surface area (Å²) in [7, 11) is 4.09. The van der Waals surface area contributed by atoms with Crippen molar-refractivity contribution in [1.29, 1.82) is 0 Å². The predicted octanol–water partition coefficient (Wildman–Crippen LogP) is 2.45. The molecule has 1 saturated heterocycles. The fourth-order valence-corrected chi connectivity index (χ4v) is 3.38. The SMILES string of the molecule is Cc1cc(-c2cc3nc(Cl)nc(N4CCOCC4)c3o2)n(CCN(C)C)n1. The molecule has 1 fully saturated rings. The van der Waals surface area contributed by atoms with E-state index in [1.807, 2.05) is 37.8 Å². The molecule has 144 valence electrons. The van der Waals surface area contributed by atoms with E-state index >= 15 is 0 Å². The van der Waals surface area contributed by atoms with Gasteiger partial charge in [0.05, 0.1) is 25.5 Å². The number of likely N-dealkylation sites (N-methyl/N-ethyl adjacent to an activating group) is 1. The minimum Gasteiger partial charge on any atom is -0.449 e. The van der Waals surface area contributed by atoms with Crippen LogP contribution in [0.25, 0.3) is 22.6 Å². The minimum absolute atomic E-state index is 0.216. The Morgan fingerprint density at radius 2 is 1.96 bits per heavy atom. The third-order valence-corrected chi connectivity index (χ3v) is 4.72. The Balaban J connectivity index is 1.76. The van der Waals surface area contributed by atoms with E-state index in [1.165, 1.54) is 0 Å². The van der Waals surface area contributed by atoms with Crippen molar-refractivity contribution in [2.24, 2.45) is 0 Å². The number of aromatic nitrogens is 4. The maximum Gasteiger partial charge on any atom is 0.225 e. The first-order chi connectivity index (χ1) is 13.0. The Hall–Kier alpha value is -2.16. The summed E-state index contributed by atoms with van der Waals surface area (Å²) in [4.78, 5) is 13.0. The maximum absolute atomic E-state index is 6.21. The van der Waals surface area contributed by atoms with Crippen molar-refractivity contribution in [3.05, 3.63) is 23.1 Å². The maximum atomic E-state index is 6.21. The lowest BCUT2D eigenvalue weighted by atomic mass is 10.3. The summed E-state index contributed by atoms with van der Waals surface area (Å²) in [5.74, 6) is 1.44. The largest absolute Gasteiger partial charge is 0.449 e. The van der Waals surface area contributed by atoms with Gasteiger partial charge in [-0.2, -0.15) is 10.1 Å². The van der Waals surface area contributed by atoms with Crippen LogP contribution in [0.5, 0.6) is 0 Å². The predicted molar refractivity (Wildman–Crippen MR) is 104 cm³/mol. The minimum atomic E-state index is 0.216. The topological polar surface area (TPSA) is 72.5 Å². The highest BCUT2D eigenvalue weighted by atomic mass is 35.5. The van der Waals surface area contributed by atoms with Gasteiger partial charge >= 0.3 is 0 Å². The Kier molecular flexibility index (Phi) is 5.03. The molecule has 0 aliphatic carbocycles. The molecule has 4 rings (SSSR count). The van der Waals surface area contributed by atoms with Crippen molar-refractivity contribution < 1.29 is 9.15 Å². The monoisotopic (exact) mass is 390 g/mol. The average molecular weight is 391 g/mol. The number of rotatable bonds is 5. The van der Waals surface area contributed by atoms with Gasteiger partial charge in [0, 0.05) is 25.7 Å². The van der Waals surface area contributed by atoms with Gasteiger partial charge in [0.1, 0.15) is 11.2 Å². The quantitative estimate of drug-likeness (QED) is 0.619. The molecule has 0 atom stereocenters. The fourth-order valence-electron chi connectivity index (χ4n) is 3.21. The van der Waals surface area contributed by atoms with Crippen molar-refractivity contribution >= 4 is 28.5 Å². The van der Waals surface area contributed by atoms with Crippen LogP contribution in [-0.2, 0) is 11.3 Å². The van der Waals surface area contributed by atoms with Crippen molar-refractivity contribution in [2.45, 2.75) is 13.5 Å². The summed E-state index contributed by atoms with van der Waals surface area (Å²) in [5.41, 5.74) is 3.22. The zero-order chi connectivity index (χ0) is 19.0. The molecule has 1 aliphatic heterocycles. The molecule has 3 aromatic heterocycles. The van der Waals surface area contributed by atoms with Crippen LogP contribution in [-0.4, -0.2) is 71.6 Å². The highest BCUT2D eigenvalue weighted by Gasteiger charge is 2.22. The second kappa shape index (κ2) is 7.46. The van der Waals surface area contributed by atoms with E-state index in [0.29, 0.717) is 24.3 Å². The second-order valence-corrected chi connectivity index (χ2v) is 7.28. The zero-order valence-corrected chi connectivity index (χ0v) is 16.5. The molecule has 4 heterocycles. The molecule has 0 unspecified atom stereocenters. The van der Waals surface area contributed by atoms with Gasteiger partial charge in [-0.3, -0.25) is 4.68 Å². The van der Waals surface area contributed by atoms with Crippen LogP contribution in [0.2, 0.25) is 5.28 Å². The third-order valence-electron chi connectivity index (χ3n) is 4.55. The summed E-state index contributed by atoms with van der Waals surface area (Å²) < 4.78 is 13.6. The lowest BCUT2D eigenvalue weighted by Gasteiger charge is -2.27. The van der Waals surface area contributed by atoms with Crippen molar-refractivity contribution in [3.8, 4) is 11.5 Å². The Labute approximate surface area is 162 Å². The lowest BCUT2D eigenvalue weighted by Crippen LogP contribution is -2.36. The average Bonchev–Trinajstić information content (AvgIpc) is 3.22. The number of fused-ring (bicyclic) bond motifs is 1. The van der Waals surface area contributed by atoms with Crippen LogP contribution < -0.4 is 4.90 Å². The van der Waals surface area contributed by atoms with E-state index in [4.69, 9.17) is 20.8 Å². The molecule has 0 amide bonds. The Morgan fingerprint density at radius 1 is 1.19 bits per heavy atom. The Bertz CT molecular complexity index is 945. The Morgan fingerprint density at radius 3 is 2.70 bits per heavy atom. The first-order valence-corrected chi connectivity index (χ1v) is 9.38. The number of ether oxygens (including phenoxy) is 1. The first kappa shape index (κ1) is 18.2. The van der Waals surface area contributed by atoms with Gasteiger partial charge < -0.3 is 19.0 Å². The smallest absolute Gasteiger partial charge is 0.225 e. The molecule has 0 bridgehead atoms. The van der Waals surface area contributed by atoms with Gasteiger partial charge in [-0.15, -0.1) is 0 Å². The van der Waals surface area contributed by atoms with Crippen molar-refractivity contribution in [2.75, 3.05) is 51.8 Å². The number of furan rings is 1. The van der Waals surface area contributed by atoms with Gasteiger partial charge in [-0.25, -0.2) is 4.98 Å². The lowest BCUT2D eigenvalue weighted by molar-refractivity contribution is 0.122. The number of anilines is 1. The molecule has 8 nitrogen and oxygen atoms in total. The van der Waals surface area contributed by atoms with Gasteiger partial charge in [0.2, 0.25) is 5.28 Å². The van der Waals surface area contributed by atoms with Crippen LogP contribution in [0, 0.1) is 6.92 Å². The van der Waals surface area contributed by atoms with Gasteiger partial charge in [-0.05, 0) is 38.7 Å². The molecule has 0 N–H and O–H groups in total. The molecule has 1 aliphatic rings. The number of hydrogen-bond acceptors (Lipinski definition) is 7. The van der Waals surface area contributed by atoms with E-state index in [-0.39, 0.29) is 5.28 Å². The van der Waals surface area contributed by atoms with E-state index in [1.54, 1.807) is 0 Å². The van der Waals surface area contributed by atoms with Crippen LogP contribution in [0.3, 0.4) is 0 Å². The summed E-state index contributed by atoms with van der Waals surface area (Å²) >= 11 is 6.17. The molecular formula is C18H23ClN6O2. The number of hydrogen-bond donors (Lipinski definition) is 0. The molecule has 0 saturated carbocycles. The highest BCUT2D eigenvalue weighted by molar-refractivity contribution is 6.28. The van der Waals surface area contributed by atoms with Crippen LogP contribution in [0.4, 0.5) is 5.82 Å². The van der Waals surface area contributed by atoms with Crippen molar-refractivity contribution in [1.82, 2.24) is 24.6 Å². The number of aryl methyl sites for hydroxylation is 1. The van der Waals surface area contributed by atoms with Gasteiger partial charge in [0.15, 0.2) is 17.2 Å². The van der Waals surface area contributed by atoms with Crippen LogP contribution >= 0.6 is 11.6 Å². The normalized spacial score (nSPS) is 15.2. The molecule has 0 aromatic carbocycles. The van der Waals surface area contributed by atoms with Crippen LogP contribution in [0.1, 0.15) is 5.69 Å². The summed E-state index contributed by atoms with van der Waals surface area (Å²) in [6.07, 6.45) is 0. The molecule has 0 spiro atoms. The number of nitrogens with zero attached hydrogens (tertiary/aromatic N) is 6. The fraction of sp³-hybridized carbons (Fsp3) is 0.500. The summed E-state index contributed by atoms with van der Waals surface area (Å²) in [6, 6.07) is 3.94. The number of halogens is 1. The third kappa shape index (κ3) is 3.78. The van der Waals surface area contributed by atoms with Gasteiger partial charge in [-0.1, -0.05) is 0 Å². The molecular weight excluding hydrogens is 368 g/mol. The first-order valence-electron chi connectivity index (χ1n) is 9.00. The second-order valence-electron chi connectivity index (χ2n) is 6.94. The van der Waals surface area contributed by atoms with Crippen molar-refractivity contribution in [3.63, 3.8) is 0 Å². The summed E-state index contributed by atoms with van der Waals surface area (Å²) in [5, 5.41) is 4.82. The van der Waals surface area contributed by atoms with Crippen LogP contribution in [0.15, 0.2) is 16.5 Å².